The molecular formula is C29H34N4O5. The van der Waals surface area contributed by atoms with Crippen molar-refractivity contribution in [2.75, 3.05) is 13.1 Å². The molecule has 0 aromatic heterocycles. The Morgan fingerprint density at radius 2 is 1.82 bits per heavy atom. The Labute approximate surface area is 222 Å². The van der Waals surface area contributed by atoms with E-state index in [1.54, 1.807) is 19.8 Å². The van der Waals surface area contributed by atoms with Gasteiger partial charge in [-0.15, -0.1) is 0 Å². The molecule has 0 saturated carbocycles. The molecule has 2 aromatic carbocycles. The van der Waals surface area contributed by atoms with Crippen molar-refractivity contribution in [2.45, 2.75) is 64.8 Å². The van der Waals surface area contributed by atoms with Crippen LogP contribution in [0.4, 0.5) is 0 Å². The molecule has 2 fully saturated rings. The third kappa shape index (κ3) is 4.62. The second kappa shape index (κ2) is 10.1. The summed E-state index contributed by atoms with van der Waals surface area (Å²) in [6.45, 7) is 5.95. The van der Waals surface area contributed by atoms with Crippen molar-refractivity contribution in [1.29, 1.82) is 0 Å². The second-order valence-electron chi connectivity index (χ2n) is 10.5. The number of hydrazine groups is 1. The molecule has 1 aliphatic carbocycles. The number of piperazine rings is 1. The third-order valence-electron chi connectivity index (χ3n) is 7.67. The number of benzene rings is 2. The van der Waals surface area contributed by atoms with Gasteiger partial charge in [0.1, 0.15) is 18.0 Å². The van der Waals surface area contributed by atoms with Crippen molar-refractivity contribution in [1.82, 2.24) is 19.8 Å². The standard InChI is InChI=1S/C29H34N4O5/c1-18(2)33(19(3)34)31-17-28(37)32-24(13-20-11-12-25(35)26(36)14-20)29(38)30(16-27(31)32)15-22-9-6-8-21-7-4-5-10-23(21)22/h4-10,14,18,24,27,35-36H,11-13,15-17H2,1-3H3/t24-,27+/m0/s1. The summed E-state index contributed by atoms with van der Waals surface area (Å²) in [7, 11) is 0. The van der Waals surface area contributed by atoms with Gasteiger partial charge in [-0.3, -0.25) is 19.4 Å². The van der Waals surface area contributed by atoms with Crippen LogP contribution >= 0.6 is 0 Å². The van der Waals surface area contributed by atoms with Gasteiger partial charge in [0.2, 0.25) is 17.7 Å². The lowest BCUT2D eigenvalue weighted by molar-refractivity contribution is -0.169. The quantitative estimate of drug-likeness (QED) is 0.605. The summed E-state index contributed by atoms with van der Waals surface area (Å²) in [6, 6.07) is 13.1. The number of rotatable bonds is 6. The number of aliphatic hydroxyl groups excluding tert-OH is 2. The van der Waals surface area contributed by atoms with Crippen molar-refractivity contribution >= 4 is 28.5 Å². The normalized spacial score (nSPS) is 22.4. The van der Waals surface area contributed by atoms with Gasteiger partial charge in [-0.05, 0) is 49.1 Å². The minimum absolute atomic E-state index is 0.0132. The summed E-state index contributed by atoms with van der Waals surface area (Å²) < 4.78 is 0. The van der Waals surface area contributed by atoms with Gasteiger partial charge in [0, 0.05) is 25.9 Å². The minimum Gasteiger partial charge on any atom is -0.508 e. The van der Waals surface area contributed by atoms with Crippen molar-refractivity contribution in [3.8, 4) is 0 Å². The highest BCUT2D eigenvalue weighted by Crippen LogP contribution is 2.34. The van der Waals surface area contributed by atoms with E-state index in [1.165, 1.54) is 13.0 Å². The Bertz CT molecular complexity index is 1340. The van der Waals surface area contributed by atoms with Crippen LogP contribution in [0.25, 0.3) is 10.8 Å². The van der Waals surface area contributed by atoms with Gasteiger partial charge < -0.3 is 20.0 Å². The van der Waals surface area contributed by atoms with Crippen LogP contribution in [0.2, 0.25) is 0 Å². The lowest BCUT2D eigenvalue weighted by atomic mass is 9.93. The zero-order valence-corrected chi connectivity index (χ0v) is 22.0. The molecule has 2 N–H and O–H groups in total. The van der Waals surface area contributed by atoms with E-state index < -0.39 is 12.2 Å². The van der Waals surface area contributed by atoms with Gasteiger partial charge >= 0.3 is 0 Å². The van der Waals surface area contributed by atoms with E-state index in [0.29, 0.717) is 13.0 Å². The zero-order chi connectivity index (χ0) is 27.1. The summed E-state index contributed by atoms with van der Waals surface area (Å²) in [5.74, 6) is -0.803. The topological polar surface area (TPSA) is 105 Å². The van der Waals surface area contributed by atoms with Crippen LogP contribution in [0.5, 0.6) is 0 Å². The SMILES string of the molecule is CC(=O)N(C(C)C)N1CC(=O)N2[C@@H](CC3=CC(O)=C(O)CC3)C(=O)N(Cc3cccc4ccccc34)C[C@@H]21. The first-order valence-electron chi connectivity index (χ1n) is 13.1. The van der Waals surface area contributed by atoms with E-state index >= 15 is 0 Å². The van der Waals surface area contributed by atoms with Gasteiger partial charge in [-0.1, -0.05) is 48.0 Å². The Morgan fingerprint density at radius 1 is 1.08 bits per heavy atom. The molecule has 2 heterocycles. The highest BCUT2D eigenvalue weighted by atomic mass is 16.3. The fourth-order valence-electron chi connectivity index (χ4n) is 6.01. The van der Waals surface area contributed by atoms with E-state index in [1.807, 2.05) is 56.3 Å². The van der Waals surface area contributed by atoms with Crippen LogP contribution in [-0.4, -0.2) is 79.1 Å². The van der Waals surface area contributed by atoms with E-state index in [2.05, 4.69) is 0 Å². The van der Waals surface area contributed by atoms with Gasteiger partial charge in [-0.2, -0.15) is 5.01 Å². The van der Waals surface area contributed by atoms with Crippen molar-refractivity contribution in [3.05, 3.63) is 71.2 Å². The Morgan fingerprint density at radius 3 is 2.53 bits per heavy atom. The summed E-state index contributed by atoms with van der Waals surface area (Å²) in [5, 5.41) is 25.5. The maximum Gasteiger partial charge on any atom is 0.246 e. The monoisotopic (exact) mass is 518 g/mol. The number of carbonyl (C=O) groups is 3. The molecule has 3 aliphatic rings. The molecular weight excluding hydrogens is 484 g/mol. The van der Waals surface area contributed by atoms with Crippen molar-refractivity contribution < 1.29 is 24.6 Å². The van der Waals surface area contributed by atoms with Crippen LogP contribution in [0.3, 0.4) is 0 Å². The molecule has 2 saturated heterocycles. The molecule has 0 unspecified atom stereocenters. The summed E-state index contributed by atoms with van der Waals surface area (Å²) in [5.41, 5.74) is 1.80. The predicted molar refractivity (Wildman–Crippen MR) is 142 cm³/mol. The first kappa shape index (κ1) is 25.8. The molecule has 38 heavy (non-hydrogen) atoms. The largest absolute Gasteiger partial charge is 0.508 e. The number of carbonyl (C=O) groups excluding carboxylic acids is 3. The molecule has 0 spiro atoms. The third-order valence-corrected chi connectivity index (χ3v) is 7.67. The number of hydrogen-bond donors (Lipinski definition) is 2. The van der Waals surface area contributed by atoms with Crippen LogP contribution in [-0.2, 0) is 20.9 Å². The number of aliphatic hydroxyl groups is 2. The molecule has 2 aliphatic heterocycles. The highest BCUT2D eigenvalue weighted by molar-refractivity contribution is 5.92. The fraction of sp³-hybridized carbons (Fsp3) is 0.414. The van der Waals surface area contributed by atoms with Crippen LogP contribution < -0.4 is 0 Å². The smallest absolute Gasteiger partial charge is 0.246 e. The number of amides is 3. The Balaban J connectivity index is 1.52. The van der Waals surface area contributed by atoms with E-state index in [0.717, 1.165) is 21.9 Å². The maximum absolute atomic E-state index is 14.0. The summed E-state index contributed by atoms with van der Waals surface area (Å²) in [6.07, 6.45) is 2.03. The molecule has 2 aromatic rings. The fourth-order valence-corrected chi connectivity index (χ4v) is 6.01. The Hall–Kier alpha value is -3.85. The number of fused-ring (bicyclic) bond motifs is 2. The van der Waals surface area contributed by atoms with E-state index in [9.17, 15) is 24.6 Å². The lowest BCUT2D eigenvalue weighted by Gasteiger charge is -2.47. The second-order valence-corrected chi connectivity index (χ2v) is 10.5. The molecule has 9 nitrogen and oxygen atoms in total. The van der Waals surface area contributed by atoms with Gasteiger partial charge in [0.25, 0.3) is 0 Å². The maximum atomic E-state index is 14.0. The average molecular weight is 519 g/mol. The predicted octanol–water partition coefficient (Wildman–Crippen LogP) is 3.63. The van der Waals surface area contributed by atoms with Crippen molar-refractivity contribution in [3.63, 3.8) is 0 Å². The van der Waals surface area contributed by atoms with Gasteiger partial charge in [-0.25, -0.2) is 0 Å². The lowest BCUT2D eigenvalue weighted by Crippen LogP contribution is -2.65. The molecule has 9 heteroatoms. The Kier molecular flexibility index (Phi) is 6.88. The number of allylic oxidation sites excluding steroid dienone is 2. The molecule has 2 atom stereocenters. The van der Waals surface area contributed by atoms with Gasteiger partial charge in [0.05, 0.1) is 13.1 Å². The summed E-state index contributed by atoms with van der Waals surface area (Å²) in [4.78, 5) is 43.4. The molecule has 0 bridgehead atoms. The van der Waals surface area contributed by atoms with Crippen LogP contribution in [0.1, 0.15) is 45.6 Å². The van der Waals surface area contributed by atoms with E-state index in [-0.39, 0.29) is 61.2 Å². The van der Waals surface area contributed by atoms with E-state index in [4.69, 9.17) is 0 Å². The zero-order valence-electron chi connectivity index (χ0n) is 22.0. The average Bonchev–Trinajstić information content (AvgIpc) is 3.18. The van der Waals surface area contributed by atoms with Crippen LogP contribution in [0, 0.1) is 0 Å². The minimum atomic E-state index is -0.776. The first-order chi connectivity index (χ1) is 18.2. The summed E-state index contributed by atoms with van der Waals surface area (Å²) >= 11 is 0. The molecule has 200 valence electrons. The van der Waals surface area contributed by atoms with Crippen molar-refractivity contribution in [2.24, 2.45) is 0 Å². The van der Waals surface area contributed by atoms with Crippen LogP contribution in [0.15, 0.2) is 65.6 Å². The number of hydrogen-bond acceptors (Lipinski definition) is 6. The highest BCUT2D eigenvalue weighted by Gasteiger charge is 2.52. The van der Waals surface area contributed by atoms with Gasteiger partial charge in [0.15, 0.2) is 5.76 Å². The molecule has 5 rings (SSSR count). The molecule has 3 amide bonds. The molecule has 0 radical (unpaired) electrons. The number of nitrogens with zero attached hydrogens (tertiary/aromatic N) is 4. The first-order valence-corrected chi connectivity index (χ1v) is 13.1.